The maximum Gasteiger partial charge on any atom is 0.337 e. The first kappa shape index (κ1) is 38.0. The third-order valence-corrected chi connectivity index (χ3v) is 14.3. The van der Waals surface area contributed by atoms with E-state index >= 15 is 0 Å². The third-order valence-electron chi connectivity index (χ3n) is 14.3. The van der Waals surface area contributed by atoms with Crippen LogP contribution >= 0.6 is 0 Å². The Morgan fingerprint density at radius 2 is 1.04 bits per heavy atom. The lowest BCUT2D eigenvalue weighted by Gasteiger charge is -2.44. The molecule has 0 spiro atoms. The fourth-order valence-electron chi connectivity index (χ4n) is 11.1. The maximum absolute atomic E-state index is 7.51. The number of rotatable bonds is 4. The first-order chi connectivity index (χ1) is 32.9. The summed E-state index contributed by atoms with van der Waals surface area (Å²) in [5.41, 5.74) is 17.3. The summed E-state index contributed by atoms with van der Waals surface area (Å²) in [5, 5.41) is 7.95. The van der Waals surface area contributed by atoms with Crippen LogP contribution in [0.3, 0.4) is 0 Å². The van der Waals surface area contributed by atoms with Gasteiger partial charge in [-0.2, -0.15) is 0 Å². The van der Waals surface area contributed by atoms with E-state index in [1.54, 1.807) is 0 Å². The molecule has 316 valence electrons. The molecule has 2 aromatic heterocycles. The van der Waals surface area contributed by atoms with E-state index in [0.717, 1.165) is 83.5 Å². The molecule has 2 aliphatic heterocycles. The van der Waals surface area contributed by atoms with Crippen LogP contribution in [0.15, 0.2) is 215 Å². The van der Waals surface area contributed by atoms with E-state index in [9.17, 15) is 0 Å². The minimum absolute atomic E-state index is 0.0827. The summed E-state index contributed by atoms with van der Waals surface area (Å²) >= 11 is 0. The molecule has 4 nitrogen and oxygen atoms in total. The van der Waals surface area contributed by atoms with Gasteiger partial charge in [0.15, 0.2) is 5.58 Å². The van der Waals surface area contributed by atoms with Crippen molar-refractivity contribution in [3.05, 3.63) is 212 Å². The van der Waals surface area contributed by atoms with E-state index in [4.69, 9.17) is 8.83 Å². The second-order valence-corrected chi connectivity index (χ2v) is 19.3. The molecule has 4 heterocycles. The van der Waals surface area contributed by atoms with E-state index < -0.39 is 0 Å². The molecule has 0 atom stereocenters. The molecule has 0 unspecified atom stereocenters. The summed E-state index contributed by atoms with van der Waals surface area (Å²) in [4.78, 5) is 5.00. The molecule has 0 amide bonds. The highest BCUT2D eigenvalue weighted by atomic mass is 16.4. The van der Waals surface area contributed by atoms with Gasteiger partial charge in [0.25, 0.3) is 0 Å². The van der Waals surface area contributed by atoms with Gasteiger partial charge in [-0.3, -0.25) is 4.90 Å². The Balaban J connectivity index is 1.17. The van der Waals surface area contributed by atoms with E-state index in [2.05, 4.69) is 237 Å². The molecule has 10 aromatic carbocycles. The predicted octanol–water partition coefficient (Wildman–Crippen LogP) is 16.0. The van der Waals surface area contributed by atoms with E-state index in [-0.39, 0.29) is 12.3 Å². The van der Waals surface area contributed by atoms with Gasteiger partial charge in [-0.15, -0.1) is 0 Å². The van der Waals surface area contributed by atoms with Gasteiger partial charge < -0.3 is 13.6 Å². The molecular weight excluding hydrogens is 816 g/mol. The Hall–Kier alpha value is -8.28. The third kappa shape index (κ3) is 5.68. The Labute approximate surface area is 389 Å². The molecule has 0 radical (unpaired) electrons. The molecule has 0 fully saturated rings. The molecule has 0 aliphatic carbocycles. The van der Waals surface area contributed by atoms with Crippen LogP contribution in [0.5, 0.6) is 0 Å². The summed E-state index contributed by atoms with van der Waals surface area (Å²) in [5.74, 6) is 0.789. The van der Waals surface area contributed by atoms with E-state index in [1.807, 2.05) is 0 Å². The van der Waals surface area contributed by atoms with E-state index in [1.165, 1.54) is 49.4 Å². The zero-order valence-electron chi connectivity index (χ0n) is 37.4. The zero-order chi connectivity index (χ0) is 44.5. The second kappa shape index (κ2) is 14.1. The van der Waals surface area contributed by atoms with Crippen LogP contribution in [0, 0.1) is 0 Å². The van der Waals surface area contributed by atoms with Crippen LogP contribution in [0.1, 0.15) is 26.3 Å². The number of hydrogen-bond donors (Lipinski definition) is 0. The lowest BCUT2D eigenvalue weighted by molar-refractivity contribution is 0.590. The van der Waals surface area contributed by atoms with Crippen molar-refractivity contribution in [1.29, 1.82) is 0 Å². The Morgan fingerprint density at radius 1 is 0.418 bits per heavy atom. The number of hydrogen-bond acceptors (Lipinski definition) is 4. The first-order valence-corrected chi connectivity index (χ1v) is 23.3. The summed E-state index contributed by atoms with van der Waals surface area (Å²) in [6.07, 6.45) is 0. The van der Waals surface area contributed by atoms with Gasteiger partial charge in [-0.25, -0.2) is 0 Å². The summed E-state index contributed by atoms with van der Waals surface area (Å²) in [6.45, 7) is 6.56. The normalized spacial score (nSPS) is 13.2. The first-order valence-electron chi connectivity index (χ1n) is 23.3. The highest BCUT2D eigenvalue weighted by Crippen LogP contribution is 2.54. The summed E-state index contributed by atoms with van der Waals surface area (Å²) in [6, 6.07) is 75.3. The van der Waals surface area contributed by atoms with Crippen LogP contribution in [-0.2, 0) is 5.41 Å². The number of furan rings is 2. The molecule has 0 saturated heterocycles. The van der Waals surface area contributed by atoms with Crippen molar-refractivity contribution in [3.8, 4) is 33.4 Å². The van der Waals surface area contributed by atoms with Crippen LogP contribution in [0.4, 0.5) is 28.6 Å². The van der Waals surface area contributed by atoms with Crippen LogP contribution in [0.25, 0.3) is 87.8 Å². The summed E-state index contributed by atoms with van der Waals surface area (Å²) in [7, 11) is 0. The number of para-hydroxylation sites is 1. The number of anilines is 5. The quantitative estimate of drug-likeness (QED) is 0.165. The van der Waals surface area contributed by atoms with Crippen molar-refractivity contribution < 1.29 is 8.83 Å². The Bertz CT molecular complexity index is 3980. The minimum atomic E-state index is -0.304. The lowest BCUT2D eigenvalue weighted by Crippen LogP contribution is -2.61. The average molecular weight is 859 g/mol. The highest BCUT2D eigenvalue weighted by Gasteiger charge is 2.50. The fourth-order valence-corrected chi connectivity index (χ4v) is 11.1. The molecule has 0 saturated carbocycles. The fraction of sp³-hybridized carbons (Fsp3) is 0.0645. The van der Waals surface area contributed by atoms with Gasteiger partial charge in [0, 0.05) is 44.1 Å². The topological polar surface area (TPSA) is 32.8 Å². The van der Waals surface area contributed by atoms with Gasteiger partial charge in [-0.05, 0) is 121 Å². The van der Waals surface area contributed by atoms with Crippen molar-refractivity contribution in [2.45, 2.75) is 26.2 Å². The minimum Gasteiger partial charge on any atom is -0.454 e. The SMILES string of the molecule is CC(C)(C)c1ccc(N2c3oc4cc5ccccc5cc4c3B3c4c(cc5c(oc6ccccc65)c42)-c2cc4ccccc4cc2N3c2ccc(-c3ccccc3)cc2)c(-c2ccccc2)c1. The zero-order valence-corrected chi connectivity index (χ0v) is 37.4. The van der Waals surface area contributed by atoms with Crippen LogP contribution in [-0.4, -0.2) is 6.85 Å². The molecule has 0 N–H and O–H groups in total. The van der Waals surface area contributed by atoms with Crippen molar-refractivity contribution in [3.63, 3.8) is 0 Å². The van der Waals surface area contributed by atoms with Crippen molar-refractivity contribution >= 4 is 101 Å². The molecule has 0 bridgehead atoms. The van der Waals surface area contributed by atoms with Crippen LogP contribution in [0.2, 0.25) is 0 Å². The van der Waals surface area contributed by atoms with Gasteiger partial charge in [0.2, 0.25) is 5.88 Å². The van der Waals surface area contributed by atoms with Crippen molar-refractivity contribution in [1.82, 2.24) is 0 Å². The predicted molar refractivity (Wildman–Crippen MR) is 282 cm³/mol. The number of fused-ring (bicyclic) bond motifs is 12. The molecule has 12 aromatic rings. The number of benzene rings is 10. The monoisotopic (exact) mass is 858 g/mol. The average Bonchev–Trinajstić information content (AvgIpc) is 3.93. The smallest absolute Gasteiger partial charge is 0.337 e. The molecule has 67 heavy (non-hydrogen) atoms. The second-order valence-electron chi connectivity index (χ2n) is 19.3. The highest BCUT2D eigenvalue weighted by molar-refractivity contribution is 6.95. The largest absolute Gasteiger partial charge is 0.454 e. The van der Waals surface area contributed by atoms with Gasteiger partial charge in [0.1, 0.15) is 11.2 Å². The maximum atomic E-state index is 7.51. The summed E-state index contributed by atoms with van der Waals surface area (Å²) < 4.78 is 14.7. The molecule has 2 aliphatic rings. The van der Waals surface area contributed by atoms with Crippen molar-refractivity contribution in [2.24, 2.45) is 0 Å². The molecular formula is C62H43BN2O2. The molecule has 5 heteroatoms. The van der Waals surface area contributed by atoms with Gasteiger partial charge >= 0.3 is 6.85 Å². The van der Waals surface area contributed by atoms with Crippen molar-refractivity contribution in [2.75, 3.05) is 9.71 Å². The number of nitrogens with zero attached hydrogens (tertiary/aromatic N) is 2. The lowest BCUT2D eigenvalue weighted by atomic mass is 9.43. The molecule has 14 rings (SSSR count). The Morgan fingerprint density at radius 3 is 1.78 bits per heavy atom. The standard InChI is InChI=1S/C62H43BN2O2/c1-62(2,3)45-28-31-53(48(36-45)40-18-8-5-9-19-40)64-59-57-50(37-51-47-24-14-15-25-55(47)66-60(51)59)49-32-41-20-10-12-22-43(41)34-54(49)65(46-29-26-39(27-30-46)38-16-6-4-7-17-38)63(57)58-52-33-42-21-11-13-23-44(42)35-56(52)67-61(58)64/h4-37H,1-3H3. The van der Waals surface area contributed by atoms with Gasteiger partial charge in [0.05, 0.1) is 11.4 Å². The van der Waals surface area contributed by atoms with Gasteiger partial charge in [-0.1, -0.05) is 166 Å². The van der Waals surface area contributed by atoms with E-state index in [0.29, 0.717) is 0 Å². The van der Waals surface area contributed by atoms with Crippen LogP contribution < -0.4 is 20.6 Å². The Kier molecular flexibility index (Phi) is 8.01.